The zero-order valence-electron chi connectivity index (χ0n) is 16.0. The van der Waals surface area contributed by atoms with Gasteiger partial charge in [0.1, 0.15) is 0 Å². The molecule has 3 heteroatoms. The second-order valence-corrected chi connectivity index (χ2v) is 11.0. The third-order valence-corrected chi connectivity index (χ3v) is 8.99. The molecule has 0 aromatic heterocycles. The van der Waals surface area contributed by atoms with Crippen LogP contribution in [0.4, 0.5) is 0 Å². The molecule has 0 fully saturated rings. The molecule has 0 saturated heterocycles. The zero-order valence-corrected chi connectivity index (χ0v) is 20.0. The van der Waals surface area contributed by atoms with E-state index in [4.69, 9.17) is 0 Å². The summed E-state index contributed by atoms with van der Waals surface area (Å²) in [6.07, 6.45) is 13.1. The SMILES string of the molecule is CCC1=C(CC)C(CC)(CC)[C]([Zr+2]=[C](C)C)=C1C1=CC=CC1.[Cl-].[Cl-]. The number of rotatable bonds is 6. The summed E-state index contributed by atoms with van der Waals surface area (Å²) in [5.74, 6) is 0. The minimum atomic E-state index is -0.605. The smallest absolute Gasteiger partial charge is 1.00 e. The summed E-state index contributed by atoms with van der Waals surface area (Å²) in [6.45, 7) is 14.3. The third-order valence-electron chi connectivity index (χ3n) is 5.35. The summed E-state index contributed by atoms with van der Waals surface area (Å²) < 4.78 is 3.60. The first kappa shape index (κ1) is 24.3. The Bertz CT molecular complexity index is 595. The maximum atomic E-state index is 2.42. The van der Waals surface area contributed by atoms with Crippen LogP contribution in [0.2, 0.25) is 0 Å². The average molecular weight is 446 g/mol. The van der Waals surface area contributed by atoms with Crippen molar-refractivity contribution in [2.75, 3.05) is 0 Å². The summed E-state index contributed by atoms with van der Waals surface area (Å²) in [5.41, 5.74) is 7.19. The quantitative estimate of drug-likeness (QED) is 0.554. The molecule has 0 heterocycles. The maximum absolute atomic E-state index is 2.42. The predicted octanol–water partition coefficient (Wildman–Crippen LogP) is 0.366. The Labute approximate surface area is 172 Å². The van der Waals surface area contributed by atoms with Gasteiger partial charge in [-0.05, 0) is 0 Å². The van der Waals surface area contributed by atoms with E-state index in [0.29, 0.717) is 5.41 Å². The molecule has 0 N–H and O–H groups in total. The largest absolute Gasteiger partial charge is 1.00 e. The van der Waals surface area contributed by atoms with E-state index in [1.54, 1.807) is 25.5 Å². The molecular weight excluding hydrogens is 414 g/mol. The van der Waals surface area contributed by atoms with Crippen LogP contribution in [-0.2, 0) is 22.8 Å². The van der Waals surface area contributed by atoms with Crippen molar-refractivity contribution in [2.45, 2.75) is 73.6 Å². The summed E-state index contributed by atoms with van der Waals surface area (Å²) in [6, 6.07) is 0. The van der Waals surface area contributed by atoms with Crippen molar-refractivity contribution < 1.29 is 47.6 Å². The molecule has 0 aromatic rings. The second-order valence-electron chi connectivity index (χ2n) is 6.65. The number of allylic oxidation sites excluding steroid dienone is 8. The van der Waals surface area contributed by atoms with Gasteiger partial charge in [-0.25, -0.2) is 0 Å². The average Bonchev–Trinajstić information content (AvgIpc) is 3.10. The number of hydrogen-bond acceptors (Lipinski definition) is 0. The molecule has 0 aromatic carbocycles. The first-order valence-corrected chi connectivity index (χ1v) is 11.4. The molecule has 2 aliphatic carbocycles. The van der Waals surface area contributed by atoms with Crippen LogP contribution in [0.3, 0.4) is 0 Å². The van der Waals surface area contributed by atoms with E-state index in [1.165, 1.54) is 25.7 Å². The van der Waals surface area contributed by atoms with E-state index in [0.717, 1.165) is 6.42 Å². The van der Waals surface area contributed by atoms with E-state index in [2.05, 4.69) is 59.8 Å². The molecule has 133 valence electrons. The maximum Gasteiger partial charge on any atom is -1.00 e. The first-order chi connectivity index (χ1) is 10.6. The van der Waals surface area contributed by atoms with Crippen molar-refractivity contribution >= 4 is 3.21 Å². The van der Waals surface area contributed by atoms with Crippen LogP contribution in [0.5, 0.6) is 0 Å². The van der Waals surface area contributed by atoms with Gasteiger partial charge in [-0.15, -0.1) is 0 Å². The van der Waals surface area contributed by atoms with Crippen molar-refractivity contribution in [2.24, 2.45) is 5.41 Å². The molecule has 0 amide bonds. The van der Waals surface area contributed by atoms with Gasteiger partial charge in [0.15, 0.2) is 0 Å². The van der Waals surface area contributed by atoms with Crippen LogP contribution in [0, 0.1) is 5.41 Å². The molecular formula is C21H31Cl2Zr. The fourth-order valence-corrected chi connectivity index (χ4v) is 8.50. The van der Waals surface area contributed by atoms with E-state index in [-0.39, 0.29) is 24.8 Å². The van der Waals surface area contributed by atoms with Crippen LogP contribution in [0.1, 0.15) is 73.6 Å². The van der Waals surface area contributed by atoms with Crippen LogP contribution in [-0.4, -0.2) is 3.21 Å². The zero-order chi connectivity index (χ0) is 16.3. The number of halogens is 2. The van der Waals surface area contributed by atoms with Crippen LogP contribution < -0.4 is 24.8 Å². The Kier molecular flexibility index (Phi) is 10.6. The molecule has 0 spiro atoms. The normalized spacial score (nSPS) is 18.2. The van der Waals surface area contributed by atoms with Crippen LogP contribution >= 0.6 is 0 Å². The van der Waals surface area contributed by atoms with E-state index in [1.807, 2.05) is 3.28 Å². The van der Waals surface area contributed by atoms with Gasteiger partial charge in [-0.2, -0.15) is 0 Å². The second kappa shape index (κ2) is 10.4. The standard InChI is InChI=1S/C18H25.C3H6.2ClH.Zr/c1-5-15-16(14-11-9-10-12-14)13-18(7-3,8-4)17(15)6-2;1-3-2;;;/h9-11H,5-8,12H2,1-4H3;1-2H3;2*1H;/q;;;;+2/p-2. The van der Waals surface area contributed by atoms with Gasteiger partial charge in [-0.3, -0.25) is 0 Å². The Morgan fingerprint density at radius 2 is 1.67 bits per heavy atom. The van der Waals surface area contributed by atoms with Gasteiger partial charge >= 0.3 is 149 Å². The third kappa shape index (κ3) is 4.16. The minimum absolute atomic E-state index is 0. The molecule has 0 atom stereocenters. The molecule has 0 radical (unpaired) electrons. The van der Waals surface area contributed by atoms with Crippen molar-refractivity contribution in [1.29, 1.82) is 0 Å². The molecule has 24 heavy (non-hydrogen) atoms. The topological polar surface area (TPSA) is 0 Å². The first-order valence-electron chi connectivity index (χ1n) is 8.96. The van der Waals surface area contributed by atoms with Crippen LogP contribution in [0.15, 0.2) is 43.8 Å². The van der Waals surface area contributed by atoms with Gasteiger partial charge in [0.25, 0.3) is 0 Å². The van der Waals surface area contributed by atoms with Gasteiger partial charge in [0.2, 0.25) is 0 Å². The predicted molar refractivity (Wildman–Crippen MR) is 95.8 cm³/mol. The van der Waals surface area contributed by atoms with Gasteiger partial charge in [0, 0.05) is 0 Å². The Morgan fingerprint density at radius 3 is 2.04 bits per heavy atom. The summed E-state index contributed by atoms with van der Waals surface area (Å²) in [4.78, 5) is 0. The summed E-state index contributed by atoms with van der Waals surface area (Å²) in [5, 5.41) is 0. The molecule has 0 nitrogen and oxygen atoms in total. The van der Waals surface area contributed by atoms with Gasteiger partial charge < -0.3 is 24.8 Å². The molecule has 0 unspecified atom stereocenters. The van der Waals surface area contributed by atoms with Crippen molar-refractivity contribution in [3.05, 3.63) is 43.8 Å². The van der Waals surface area contributed by atoms with Gasteiger partial charge in [0.05, 0.1) is 0 Å². The Hall–Kier alpha value is 0.293. The van der Waals surface area contributed by atoms with Crippen molar-refractivity contribution in [3.8, 4) is 0 Å². The van der Waals surface area contributed by atoms with E-state index >= 15 is 0 Å². The summed E-state index contributed by atoms with van der Waals surface area (Å²) >= 11 is -0.605. The Morgan fingerprint density at radius 1 is 1.04 bits per heavy atom. The molecule has 2 rings (SSSR count). The minimum Gasteiger partial charge on any atom is -1.00 e. The molecule has 0 aliphatic heterocycles. The summed E-state index contributed by atoms with van der Waals surface area (Å²) in [7, 11) is 0. The molecule has 0 saturated carbocycles. The fourth-order valence-electron chi connectivity index (χ4n) is 4.37. The van der Waals surface area contributed by atoms with Crippen molar-refractivity contribution in [1.82, 2.24) is 0 Å². The molecule has 0 bridgehead atoms. The van der Waals surface area contributed by atoms with Crippen molar-refractivity contribution in [3.63, 3.8) is 0 Å². The van der Waals surface area contributed by atoms with E-state index < -0.39 is 22.8 Å². The fraction of sp³-hybridized carbons (Fsp3) is 0.571. The molecule has 2 aliphatic rings. The Balaban J connectivity index is 0.00000264. The van der Waals surface area contributed by atoms with E-state index in [9.17, 15) is 0 Å². The van der Waals surface area contributed by atoms with Gasteiger partial charge in [-0.1, -0.05) is 0 Å². The van der Waals surface area contributed by atoms with Crippen LogP contribution in [0.25, 0.3) is 0 Å². The number of hydrogen-bond donors (Lipinski definition) is 0. The monoisotopic (exact) mass is 443 g/mol.